The van der Waals surface area contributed by atoms with Gasteiger partial charge in [0.15, 0.2) is 11.6 Å². The van der Waals surface area contributed by atoms with E-state index in [-0.39, 0.29) is 35.8 Å². The van der Waals surface area contributed by atoms with Crippen LogP contribution in [0.3, 0.4) is 0 Å². The number of hydrogen-bond donors (Lipinski definition) is 1. The fraction of sp³-hybridized carbons (Fsp3) is 0.130. The monoisotopic (exact) mass is 574 g/mol. The lowest BCUT2D eigenvalue weighted by Crippen LogP contribution is -2.25. The summed E-state index contributed by atoms with van der Waals surface area (Å²) < 4.78 is 32.5. The highest BCUT2D eigenvalue weighted by Crippen LogP contribution is 2.30. The van der Waals surface area contributed by atoms with E-state index in [0.717, 1.165) is 16.7 Å². The molecular weight excluding hydrogens is 559 g/mol. The van der Waals surface area contributed by atoms with Crippen LogP contribution in [0.2, 0.25) is 4.34 Å². The number of halogens is 2. The van der Waals surface area contributed by atoms with Crippen LogP contribution in [0.25, 0.3) is 11.3 Å². The van der Waals surface area contributed by atoms with Crippen molar-refractivity contribution in [2.45, 2.75) is 13.1 Å². The minimum atomic E-state index is -1.03. The Balaban J connectivity index is 1.66. The average Bonchev–Trinajstić information content (AvgIpc) is 3.72. The molecule has 0 spiro atoms. The Morgan fingerprint density at radius 3 is 2.74 bits per heavy atom. The maximum atomic E-state index is 16.0. The summed E-state index contributed by atoms with van der Waals surface area (Å²) >= 11 is 8.46. The van der Waals surface area contributed by atoms with Gasteiger partial charge in [0.05, 0.1) is 47.6 Å². The van der Waals surface area contributed by atoms with E-state index in [9.17, 15) is 14.4 Å². The van der Waals surface area contributed by atoms with Crippen LogP contribution in [0.5, 0.6) is 0 Å². The van der Waals surface area contributed by atoms with Crippen LogP contribution in [0.15, 0.2) is 57.4 Å². The van der Waals surface area contributed by atoms with Gasteiger partial charge in [0.2, 0.25) is 5.76 Å². The number of carbonyl (C=O) groups is 2. The molecule has 5 aromatic rings. The SMILES string of the molecule is COC(=O)c1ccn(Cc2ccsn2)c(=O)c1-c1nn(C(=O)c2ccno2)c(NCc2ccc(Cl)s2)c1F. The summed E-state index contributed by atoms with van der Waals surface area (Å²) in [6, 6.07) is 7.76. The van der Waals surface area contributed by atoms with Crippen LogP contribution in [-0.4, -0.2) is 42.9 Å². The molecule has 5 aromatic heterocycles. The Morgan fingerprint density at radius 1 is 1.24 bits per heavy atom. The van der Waals surface area contributed by atoms with Gasteiger partial charge < -0.3 is 19.1 Å². The quantitative estimate of drug-likeness (QED) is 0.271. The minimum Gasteiger partial charge on any atom is -0.465 e. The van der Waals surface area contributed by atoms with Crippen LogP contribution in [0.1, 0.15) is 31.5 Å². The molecule has 0 saturated heterocycles. The second kappa shape index (κ2) is 10.7. The van der Waals surface area contributed by atoms with E-state index in [1.807, 2.05) is 0 Å². The van der Waals surface area contributed by atoms with E-state index >= 15 is 4.39 Å². The first-order valence-corrected chi connectivity index (χ1v) is 12.8. The van der Waals surface area contributed by atoms with Crippen LogP contribution in [0, 0.1) is 5.82 Å². The summed E-state index contributed by atoms with van der Waals surface area (Å²) in [7, 11) is 1.13. The number of nitrogens with zero attached hydrogens (tertiary/aromatic N) is 5. The zero-order chi connectivity index (χ0) is 26.8. The second-order valence-electron chi connectivity index (χ2n) is 7.68. The van der Waals surface area contributed by atoms with Crippen molar-refractivity contribution in [1.29, 1.82) is 0 Å². The van der Waals surface area contributed by atoms with Gasteiger partial charge in [-0.15, -0.1) is 11.3 Å². The fourth-order valence-corrected chi connectivity index (χ4v) is 5.17. The third-order valence-electron chi connectivity index (χ3n) is 5.36. The van der Waals surface area contributed by atoms with Gasteiger partial charge in [-0.1, -0.05) is 16.8 Å². The van der Waals surface area contributed by atoms with Crippen LogP contribution < -0.4 is 10.9 Å². The Morgan fingerprint density at radius 2 is 2.08 bits per heavy atom. The number of esters is 1. The van der Waals surface area contributed by atoms with E-state index < -0.39 is 28.9 Å². The first kappa shape index (κ1) is 25.5. The molecule has 0 atom stereocenters. The third-order valence-corrected chi connectivity index (χ3v) is 7.19. The number of rotatable bonds is 8. The van der Waals surface area contributed by atoms with Gasteiger partial charge in [-0.3, -0.25) is 9.59 Å². The van der Waals surface area contributed by atoms with Gasteiger partial charge in [0.1, 0.15) is 5.69 Å². The summed E-state index contributed by atoms with van der Waals surface area (Å²) in [6.07, 6.45) is 2.63. The second-order valence-corrected chi connectivity index (χ2v) is 10.1. The van der Waals surface area contributed by atoms with E-state index in [0.29, 0.717) is 10.0 Å². The number of pyridine rings is 1. The number of methoxy groups -OCH3 is 1. The van der Waals surface area contributed by atoms with Crippen molar-refractivity contribution in [3.63, 3.8) is 0 Å². The van der Waals surface area contributed by atoms with Crippen molar-refractivity contribution in [1.82, 2.24) is 23.9 Å². The van der Waals surface area contributed by atoms with Gasteiger partial charge in [0, 0.05) is 22.5 Å². The molecule has 0 unspecified atom stereocenters. The number of carbonyl (C=O) groups excluding carboxylic acids is 2. The molecule has 5 rings (SSSR count). The number of ether oxygens (including phenoxy) is 1. The molecule has 5 heterocycles. The first-order valence-electron chi connectivity index (χ1n) is 10.8. The van der Waals surface area contributed by atoms with Crippen LogP contribution >= 0.6 is 34.5 Å². The predicted molar refractivity (Wildman–Crippen MR) is 137 cm³/mol. The van der Waals surface area contributed by atoms with Crippen molar-refractivity contribution >= 4 is 52.2 Å². The molecular formula is C23H16ClFN6O5S2. The standard InChI is InChI=1S/C23H16ClFN6O5S2/c1-35-23(34)14-5-8-30(11-12-6-9-37-29-12)22(33)17(14)19-18(25)20(26-10-13-2-3-16(24)38-13)31(28-19)21(32)15-4-7-27-36-15/h2-9,26H,10-11H2,1H3. The van der Waals surface area contributed by atoms with Crippen LogP contribution in [-0.2, 0) is 17.8 Å². The summed E-state index contributed by atoms with van der Waals surface area (Å²) in [5.41, 5.74) is -1.26. The summed E-state index contributed by atoms with van der Waals surface area (Å²) in [4.78, 5) is 40.0. The topological polar surface area (TPSA) is 134 Å². The molecule has 0 radical (unpaired) electrons. The molecule has 11 nitrogen and oxygen atoms in total. The molecule has 194 valence electrons. The van der Waals surface area contributed by atoms with Gasteiger partial charge in [-0.25, -0.2) is 9.18 Å². The molecule has 15 heteroatoms. The summed E-state index contributed by atoms with van der Waals surface area (Å²) in [6.45, 7) is 0.163. The Kier molecular flexibility index (Phi) is 7.18. The molecule has 0 saturated carbocycles. The average molecular weight is 575 g/mol. The number of nitrogens with one attached hydrogen (secondary N) is 1. The lowest BCUT2D eigenvalue weighted by molar-refractivity contribution is 0.0601. The van der Waals surface area contributed by atoms with Crippen molar-refractivity contribution in [3.8, 4) is 11.3 Å². The highest BCUT2D eigenvalue weighted by molar-refractivity contribution is 7.16. The maximum absolute atomic E-state index is 16.0. The zero-order valence-electron chi connectivity index (χ0n) is 19.4. The van der Waals surface area contributed by atoms with Gasteiger partial charge in [0.25, 0.3) is 5.56 Å². The molecule has 0 aromatic carbocycles. The molecule has 0 aliphatic heterocycles. The van der Waals surface area contributed by atoms with E-state index in [1.165, 1.54) is 52.0 Å². The molecule has 0 fully saturated rings. The number of aromatic nitrogens is 5. The Hall–Kier alpha value is -4.14. The van der Waals surface area contributed by atoms with Gasteiger partial charge >= 0.3 is 11.9 Å². The van der Waals surface area contributed by atoms with Crippen molar-refractivity contribution < 1.29 is 23.2 Å². The summed E-state index contributed by atoms with van der Waals surface area (Å²) in [5, 5.41) is 12.2. The zero-order valence-corrected chi connectivity index (χ0v) is 21.8. The Bertz CT molecular complexity index is 1680. The normalized spacial score (nSPS) is 11.0. The fourth-order valence-electron chi connectivity index (χ4n) is 3.61. The maximum Gasteiger partial charge on any atom is 0.338 e. The first-order chi connectivity index (χ1) is 18.4. The van der Waals surface area contributed by atoms with Crippen molar-refractivity contribution in [3.05, 3.63) is 90.5 Å². The highest BCUT2D eigenvalue weighted by Gasteiger charge is 2.30. The molecule has 0 bridgehead atoms. The van der Waals surface area contributed by atoms with Crippen LogP contribution in [0.4, 0.5) is 10.2 Å². The highest BCUT2D eigenvalue weighted by atomic mass is 35.5. The minimum absolute atomic E-state index is 0.0698. The smallest absolute Gasteiger partial charge is 0.338 e. The lowest BCUT2D eigenvalue weighted by Gasteiger charge is -2.10. The van der Waals surface area contributed by atoms with E-state index in [4.69, 9.17) is 20.9 Å². The lowest BCUT2D eigenvalue weighted by atomic mass is 10.1. The largest absolute Gasteiger partial charge is 0.465 e. The van der Waals surface area contributed by atoms with E-state index in [2.05, 4.69) is 19.9 Å². The molecule has 0 aliphatic carbocycles. The van der Waals surface area contributed by atoms with E-state index in [1.54, 1.807) is 23.6 Å². The van der Waals surface area contributed by atoms with Gasteiger partial charge in [-0.2, -0.15) is 14.2 Å². The number of hydrogen-bond acceptors (Lipinski definition) is 11. The summed E-state index contributed by atoms with van der Waals surface area (Å²) in [5.74, 6) is -3.33. The van der Waals surface area contributed by atoms with Gasteiger partial charge in [-0.05, 0) is 35.8 Å². The molecule has 0 amide bonds. The molecule has 1 N–H and O–H groups in total. The number of anilines is 1. The van der Waals surface area contributed by atoms with Crippen molar-refractivity contribution in [2.24, 2.45) is 0 Å². The predicted octanol–water partition coefficient (Wildman–Crippen LogP) is 4.15. The Labute approximate surface area is 226 Å². The molecule has 0 aliphatic rings. The van der Waals surface area contributed by atoms with Crippen molar-refractivity contribution in [2.75, 3.05) is 12.4 Å². The number of thiophene rings is 1. The third kappa shape index (κ3) is 4.88. The molecule has 38 heavy (non-hydrogen) atoms.